The van der Waals surface area contributed by atoms with E-state index in [4.69, 9.17) is 9.57 Å². The Bertz CT molecular complexity index is 424. The Hall–Kier alpha value is -1.82. The zero-order valence-electron chi connectivity index (χ0n) is 14.4. The highest BCUT2D eigenvalue weighted by molar-refractivity contribution is 5.85. The molecular weight excluding hydrogens is 284 g/mol. The fraction of sp³-hybridized carbons (Fsp3) is 0.625. The fourth-order valence-electron chi connectivity index (χ4n) is 1.61. The van der Waals surface area contributed by atoms with Gasteiger partial charge in [-0.05, 0) is 40.5 Å². The van der Waals surface area contributed by atoms with Gasteiger partial charge in [0.25, 0.3) is 5.91 Å². The van der Waals surface area contributed by atoms with Crippen LogP contribution in [0.4, 0.5) is 4.79 Å². The Morgan fingerprint density at radius 3 is 2.41 bits per heavy atom. The summed E-state index contributed by atoms with van der Waals surface area (Å²) in [5.74, 6) is -0.351. The van der Waals surface area contributed by atoms with E-state index >= 15 is 0 Å². The molecule has 0 saturated heterocycles. The first kappa shape index (κ1) is 20.2. The molecule has 0 rings (SSSR count). The maximum atomic E-state index is 12.2. The van der Waals surface area contributed by atoms with Crippen LogP contribution in [0.2, 0.25) is 0 Å². The van der Waals surface area contributed by atoms with Crippen LogP contribution >= 0.6 is 0 Å². The number of hydrogen-bond donors (Lipinski definition) is 1. The molecule has 0 saturated carbocycles. The molecule has 0 aliphatic carbocycles. The van der Waals surface area contributed by atoms with Crippen molar-refractivity contribution in [2.24, 2.45) is 0 Å². The number of allylic oxidation sites excluding steroid dienone is 2. The highest BCUT2D eigenvalue weighted by Gasteiger charge is 2.26. The lowest BCUT2D eigenvalue weighted by Gasteiger charge is -2.25. The maximum Gasteiger partial charge on any atom is 0.408 e. The minimum absolute atomic E-state index is 0.351. The molecule has 0 unspecified atom stereocenters. The van der Waals surface area contributed by atoms with Gasteiger partial charge in [-0.2, -0.15) is 0 Å². The molecule has 0 heterocycles. The average Bonchev–Trinajstić information content (AvgIpc) is 2.40. The predicted molar refractivity (Wildman–Crippen MR) is 86.1 cm³/mol. The van der Waals surface area contributed by atoms with Gasteiger partial charge in [-0.15, -0.1) is 6.58 Å². The Morgan fingerprint density at radius 2 is 1.95 bits per heavy atom. The van der Waals surface area contributed by atoms with Crippen molar-refractivity contribution < 1.29 is 19.2 Å². The molecule has 126 valence electrons. The number of carbonyl (C=O) groups excluding carboxylic acids is 2. The van der Waals surface area contributed by atoms with Crippen LogP contribution in [-0.4, -0.2) is 42.9 Å². The van der Waals surface area contributed by atoms with Crippen molar-refractivity contribution in [3.05, 3.63) is 24.3 Å². The molecule has 0 aromatic rings. The van der Waals surface area contributed by atoms with Gasteiger partial charge in [0, 0.05) is 7.05 Å². The van der Waals surface area contributed by atoms with Crippen molar-refractivity contribution in [1.82, 2.24) is 10.4 Å². The van der Waals surface area contributed by atoms with Crippen LogP contribution in [0, 0.1) is 0 Å². The van der Waals surface area contributed by atoms with Crippen LogP contribution in [0.5, 0.6) is 0 Å². The average molecular weight is 312 g/mol. The van der Waals surface area contributed by atoms with Gasteiger partial charge in [-0.1, -0.05) is 17.7 Å². The molecule has 0 radical (unpaired) electrons. The van der Waals surface area contributed by atoms with Gasteiger partial charge in [0.15, 0.2) is 0 Å². The quantitative estimate of drug-likeness (QED) is 0.580. The molecule has 0 aliphatic heterocycles. The van der Waals surface area contributed by atoms with Gasteiger partial charge < -0.3 is 10.1 Å². The second-order valence-electron chi connectivity index (χ2n) is 6.00. The Morgan fingerprint density at radius 1 is 1.36 bits per heavy atom. The molecule has 0 fully saturated rings. The zero-order valence-corrected chi connectivity index (χ0v) is 14.4. The molecule has 2 amide bonds. The topological polar surface area (TPSA) is 67.9 Å². The zero-order chi connectivity index (χ0) is 17.3. The first-order chi connectivity index (χ1) is 10.1. The predicted octanol–water partition coefficient (Wildman–Crippen LogP) is 2.81. The van der Waals surface area contributed by atoms with Gasteiger partial charge >= 0.3 is 6.09 Å². The first-order valence-electron chi connectivity index (χ1n) is 7.18. The number of carbonyl (C=O) groups is 2. The highest BCUT2D eigenvalue weighted by Crippen LogP contribution is 2.10. The largest absolute Gasteiger partial charge is 0.444 e. The normalized spacial score (nSPS) is 13.3. The molecule has 0 spiro atoms. The molecule has 1 atom stereocenters. The second-order valence-corrected chi connectivity index (χ2v) is 6.00. The summed E-state index contributed by atoms with van der Waals surface area (Å²) in [7, 11) is 2.88. The van der Waals surface area contributed by atoms with E-state index in [2.05, 4.69) is 11.9 Å². The summed E-state index contributed by atoms with van der Waals surface area (Å²) in [6, 6.07) is -0.750. The minimum Gasteiger partial charge on any atom is -0.444 e. The van der Waals surface area contributed by atoms with Gasteiger partial charge in [-0.25, -0.2) is 9.86 Å². The number of alkyl carbamates (subject to hydrolysis) is 1. The number of nitrogens with zero attached hydrogens (tertiary/aromatic N) is 1. The maximum absolute atomic E-state index is 12.2. The van der Waals surface area contributed by atoms with Gasteiger partial charge in [-0.3, -0.25) is 9.63 Å². The molecule has 0 bridgehead atoms. The number of hydroxylamine groups is 2. The van der Waals surface area contributed by atoms with E-state index in [-0.39, 0.29) is 5.91 Å². The van der Waals surface area contributed by atoms with Gasteiger partial charge in [0.1, 0.15) is 11.6 Å². The van der Waals surface area contributed by atoms with E-state index in [9.17, 15) is 9.59 Å². The monoisotopic (exact) mass is 312 g/mol. The fourth-order valence-corrected chi connectivity index (χ4v) is 1.61. The molecule has 22 heavy (non-hydrogen) atoms. The number of likely N-dealkylation sites (N-methyl/N-ethyl adjacent to an activating group) is 1. The van der Waals surface area contributed by atoms with Gasteiger partial charge in [0.2, 0.25) is 0 Å². The molecule has 6 heteroatoms. The van der Waals surface area contributed by atoms with Crippen LogP contribution in [-0.2, 0) is 14.4 Å². The van der Waals surface area contributed by atoms with Crippen LogP contribution < -0.4 is 5.32 Å². The summed E-state index contributed by atoms with van der Waals surface area (Å²) in [6.45, 7) is 10.9. The van der Waals surface area contributed by atoms with E-state index < -0.39 is 17.7 Å². The second kappa shape index (κ2) is 9.25. The SMILES string of the molecule is C=CC/C(C)=C\C[C@H](NC(=O)OC(C)(C)C)C(=O)N(C)OC. The van der Waals surface area contributed by atoms with Crippen LogP contribution in [0.1, 0.15) is 40.5 Å². The van der Waals surface area contributed by atoms with Crippen molar-refractivity contribution in [1.29, 1.82) is 0 Å². The van der Waals surface area contributed by atoms with E-state index in [0.29, 0.717) is 6.42 Å². The number of nitrogens with one attached hydrogen (secondary N) is 1. The third kappa shape index (κ3) is 8.46. The van der Waals surface area contributed by atoms with E-state index in [1.54, 1.807) is 26.8 Å². The highest BCUT2D eigenvalue weighted by atomic mass is 16.7. The molecule has 0 aliphatic rings. The van der Waals surface area contributed by atoms with Crippen molar-refractivity contribution in [2.45, 2.75) is 52.2 Å². The molecular formula is C16H28N2O4. The molecule has 1 N–H and O–H groups in total. The summed E-state index contributed by atoms with van der Waals surface area (Å²) in [5, 5.41) is 3.67. The standard InChI is InChI=1S/C16H28N2O4/c1-8-9-12(2)10-11-13(14(19)18(6)21-7)17-15(20)22-16(3,4)5/h8,10,13H,1,9,11H2,2-7H3,(H,17,20)/b12-10-/t13-/m0/s1. The van der Waals surface area contributed by atoms with Crippen molar-refractivity contribution in [3.63, 3.8) is 0 Å². The summed E-state index contributed by atoms with van der Waals surface area (Å²) < 4.78 is 5.19. The molecule has 0 aromatic carbocycles. The smallest absolute Gasteiger partial charge is 0.408 e. The van der Waals surface area contributed by atoms with Crippen LogP contribution in [0.25, 0.3) is 0 Å². The van der Waals surface area contributed by atoms with Crippen molar-refractivity contribution in [2.75, 3.05) is 14.2 Å². The molecule has 0 aromatic heterocycles. The lowest BCUT2D eigenvalue weighted by atomic mass is 10.1. The van der Waals surface area contributed by atoms with Crippen LogP contribution in [0.3, 0.4) is 0 Å². The Balaban J connectivity index is 4.94. The first-order valence-corrected chi connectivity index (χ1v) is 7.18. The number of hydrogen-bond acceptors (Lipinski definition) is 4. The third-order valence-corrected chi connectivity index (χ3v) is 2.74. The van der Waals surface area contributed by atoms with Gasteiger partial charge in [0.05, 0.1) is 7.11 Å². The lowest BCUT2D eigenvalue weighted by molar-refractivity contribution is -0.170. The van der Waals surface area contributed by atoms with Crippen molar-refractivity contribution in [3.8, 4) is 0 Å². The summed E-state index contributed by atoms with van der Waals surface area (Å²) in [6.07, 6.45) is 4.13. The Labute approximate surface area is 133 Å². The Kier molecular flexibility index (Phi) is 8.48. The van der Waals surface area contributed by atoms with E-state index in [1.807, 2.05) is 13.0 Å². The third-order valence-electron chi connectivity index (χ3n) is 2.74. The number of ether oxygens (including phenoxy) is 1. The lowest BCUT2D eigenvalue weighted by Crippen LogP contribution is -2.48. The van der Waals surface area contributed by atoms with Crippen molar-refractivity contribution >= 4 is 12.0 Å². The summed E-state index contributed by atoms with van der Waals surface area (Å²) in [5.41, 5.74) is 0.443. The van der Waals surface area contributed by atoms with E-state index in [0.717, 1.165) is 17.1 Å². The number of rotatable bonds is 7. The number of amides is 2. The van der Waals surface area contributed by atoms with E-state index in [1.165, 1.54) is 14.2 Å². The summed E-state index contributed by atoms with van der Waals surface area (Å²) in [4.78, 5) is 29.0. The minimum atomic E-state index is -0.750. The van der Waals surface area contributed by atoms with Crippen LogP contribution in [0.15, 0.2) is 24.3 Å². The summed E-state index contributed by atoms with van der Waals surface area (Å²) >= 11 is 0. The molecule has 6 nitrogen and oxygen atoms in total.